The summed E-state index contributed by atoms with van der Waals surface area (Å²) in [5, 5.41) is 3.37. The van der Waals surface area contributed by atoms with Gasteiger partial charge in [-0.25, -0.2) is 0 Å². The molecule has 0 bridgehead atoms. The van der Waals surface area contributed by atoms with Gasteiger partial charge in [0.1, 0.15) is 5.76 Å². The van der Waals surface area contributed by atoms with Crippen LogP contribution in [-0.2, 0) is 0 Å². The van der Waals surface area contributed by atoms with Crippen molar-refractivity contribution in [1.29, 1.82) is 0 Å². The molecular weight excluding hydrogens is 247 g/mol. The fourth-order valence-corrected chi connectivity index (χ4v) is 2.11. The van der Waals surface area contributed by atoms with E-state index in [-0.39, 0.29) is 24.8 Å². The lowest BCUT2D eigenvalue weighted by Gasteiger charge is -2.33. The highest BCUT2D eigenvalue weighted by molar-refractivity contribution is 5.85. The summed E-state index contributed by atoms with van der Waals surface area (Å²) in [7, 11) is 0. The number of furan rings is 1. The molecule has 2 heterocycles. The van der Waals surface area contributed by atoms with Crippen LogP contribution in [0.2, 0.25) is 0 Å². The molecule has 1 aliphatic heterocycles. The van der Waals surface area contributed by atoms with Gasteiger partial charge in [-0.2, -0.15) is 0 Å². The number of hydrogen-bond donors (Lipinski definition) is 1. The third-order valence-electron chi connectivity index (χ3n) is 2.85. The lowest BCUT2D eigenvalue weighted by Crippen LogP contribution is -2.44. The van der Waals surface area contributed by atoms with Crippen molar-refractivity contribution in [3.63, 3.8) is 0 Å². The van der Waals surface area contributed by atoms with Crippen LogP contribution in [0.4, 0.5) is 0 Å². The zero-order chi connectivity index (χ0) is 9.80. The van der Waals surface area contributed by atoms with Crippen molar-refractivity contribution in [1.82, 2.24) is 10.2 Å². The molecule has 1 aromatic rings. The summed E-state index contributed by atoms with van der Waals surface area (Å²) in [6, 6.07) is 4.52. The Bertz CT molecular complexity index is 261. The van der Waals surface area contributed by atoms with Gasteiger partial charge in [-0.05, 0) is 18.6 Å². The maximum absolute atomic E-state index is 5.48. The second-order valence-corrected chi connectivity index (χ2v) is 3.73. The van der Waals surface area contributed by atoms with Gasteiger partial charge in [0.05, 0.1) is 12.3 Å². The summed E-state index contributed by atoms with van der Waals surface area (Å²) in [5.74, 6) is 1.11. The second-order valence-electron chi connectivity index (χ2n) is 3.73. The number of nitrogens with zero attached hydrogens (tertiary/aromatic N) is 1. The van der Waals surface area contributed by atoms with E-state index in [0.717, 1.165) is 38.4 Å². The molecule has 1 aromatic heterocycles. The molecule has 0 radical (unpaired) electrons. The van der Waals surface area contributed by atoms with E-state index in [1.807, 2.05) is 6.07 Å². The molecule has 1 aliphatic rings. The molecule has 3 nitrogen and oxygen atoms in total. The molecular formula is C11H20Cl2N2O. The largest absolute Gasteiger partial charge is 0.468 e. The second kappa shape index (κ2) is 7.96. The fourth-order valence-electron chi connectivity index (χ4n) is 2.11. The van der Waals surface area contributed by atoms with Crippen molar-refractivity contribution in [2.24, 2.45) is 0 Å². The molecule has 0 saturated carbocycles. The van der Waals surface area contributed by atoms with Crippen LogP contribution in [0.3, 0.4) is 0 Å². The molecule has 1 atom stereocenters. The number of hydrogen-bond acceptors (Lipinski definition) is 3. The Morgan fingerprint density at radius 1 is 1.38 bits per heavy atom. The Morgan fingerprint density at radius 3 is 2.56 bits per heavy atom. The van der Waals surface area contributed by atoms with Crippen LogP contribution in [-0.4, -0.2) is 31.1 Å². The normalized spacial score (nSPS) is 18.3. The molecule has 2 rings (SSSR count). The highest BCUT2D eigenvalue weighted by Crippen LogP contribution is 2.24. The van der Waals surface area contributed by atoms with Crippen molar-refractivity contribution in [3.05, 3.63) is 24.2 Å². The van der Waals surface area contributed by atoms with Crippen molar-refractivity contribution in [3.8, 4) is 0 Å². The van der Waals surface area contributed by atoms with Crippen LogP contribution in [0.25, 0.3) is 0 Å². The minimum absolute atomic E-state index is 0. The first-order chi connectivity index (χ1) is 6.92. The van der Waals surface area contributed by atoms with Gasteiger partial charge in [-0.3, -0.25) is 4.90 Å². The maximum Gasteiger partial charge on any atom is 0.120 e. The SMILES string of the molecule is CC[C@H](c1ccco1)N1CCNCC1.Cl.Cl. The topological polar surface area (TPSA) is 28.4 Å². The molecule has 1 saturated heterocycles. The maximum atomic E-state index is 5.48. The summed E-state index contributed by atoms with van der Waals surface area (Å²) in [4.78, 5) is 2.50. The van der Waals surface area contributed by atoms with Crippen LogP contribution < -0.4 is 5.32 Å². The average molecular weight is 267 g/mol. The van der Waals surface area contributed by atoms with E-state index in [9.17, 15) is 0 Å². The minimum atomic E-state index is 0. The van der Waals surface area contributed by atoms with Gasteiger partial charge in [-0.15, -0.1) is 24.8 Å². The Morgan fingerprint density at radius 2 is 2.06 bits per heavy atom. The molecule has 1 N–H and O–H groups in total. The van der Waals surface area contributed by atoms with E-state index < -0.39 is 0 Å². The van der Waals surface area contributed by atoms with Crippen molar-refractivity contribution >= 4 is 24.8 Å². The number of nitrogens with one attached hydrogen (secondary N) is 1. The van der Waals surface area contributed by atoms with Gasteiger partial charge in [0.25, 0.3) is 0 Å². The fraction of sp³-hybridized carbons (Fsp3) is 0.636. The average Bonchev–Trinajstić information content (AvgIpc) is 2.74. The number of rotatable bonds is 3. The highest BCUT2D eigenvalue weighted by atomic mass is 35.5. The van der Waals surface area contributed by atoms with Gasteiger partial charge in [0.15, 0.2) is 0 Å². The van der Waals surface area contributed by atoms with Gasteiger partial charge in [0.2, 0.25) is 0 Å². The van der Waals surface area contributed by atoms with E-state index in [4.69, 9.17) is 4.42 Å². The third-order valence-corrected chi connectivity index (χ3v) is 2.85. The van der Waals surface area contributed by atoms with E-state index >= 15 is 0 Å². The standard InChI is InChI=1S/C11H18N2O.2ClH/c1-2-10(11-4-3-9-14-11)13-7-5-12-6-8-13;;/h3-4,9-10,12H,2,5-8H2,1H3;2*1H/t10-;;/m1../s1. The van der Waals surface area contributed by atoms with Crippen LogP contribution in [0.1, 0.15) is 25.1 Å². The smallest absolute Gasteiger partial charge is 0.120 e. The van der Waals surface area contributed by atoms with Crippen LogP contribution >= 0.6 is 24.8 Å². The van der Waals surface area contributed by atoms with Gasteiger partial charge in [-0.1, -0.05) is 6.92 Å². The number of piperazine rings is 1. The summed E-state index contributed by atoms with van der Waals surface area (Å²) in [6.45, 7) is 6.65. The van der Waals surface area contributed by atoms with Crippen LogP contribution in [0.15, 0.2) is 22.8 Å². The van der Waals surface area contributed by atoms with Crippen molar-refractivity contribution < 1.29 is 4.42 Å². The third kappa shape index (κ3) is 3.67. The van der Waals surface area contributed by atoms with Gasteiger partial charge in [0, 0.05) is 26.2 Å². The lowest BCUT2D eigenvalue weighted by atomic mass is 10.1. The van der Waals surface area contributed by atoms with Gasteiger partial charge >= 0.3 is 0 Å². The molecule has 16 heavy (non-hydrogen) atoms. The summed E-state index contributed by atoms with van der Waals surface area (Å²) >= 11 is 0. The first-order valence-electron chi connectivity index (χ1n) is 5.40. The quantitative estimate of drug-likeness (QED) is 0.912. The van der Waals surface area contributed by atoms with E-state index in [1.54, 1.807) is 6.26 Å². The minimum Gasteiger partial charge on any atom is -0.468 e. The monoisotopic (exact) mass is 266 g/mol. The zero-order valence-electron chi connectivity index (χ0n) is 9.52. The lowest BCUT2D eigenvalue weighted by molar-refractivity contribution is 0.150. The Kier molecular flexibility index (Phi) is 7.85. The molecule has 0 amide bonds. The van der Waals surface area contributed by atoms with Gasteiger partial charge < -0.3 is 9.73 Å². The molecule has 5 heteroatoms. The highest BCUT2D eigenvalue weighted by Gasteiger charge is 2.22. The van der Waals surface area contributed by atoms with E-state index in [0.29, 0.717) is 6.04 Å². The molecule has 0 aliphatic carbocycles. The molecule has 94 valence electrons. The summed E-state index contributed by atoms with van der Waals surface area (Å²) in [5.41, 5.74) is 0. The predicted octanol–water partition coefficient (Wildman–Crippen LogP) is 2.48. The molecule has 1 fully saturated rings. The van der Waals surface area contributed by atoms with Crippen LogP contribution in [0, 0.1) is 0 Å². The predicted molar refractivity (Wildman–Crippen MR) is 70.7 cm³/mol. The first kappa shape index (κ1) is 15.8. The van der Waals surface area contributed by atoms with E-state index in [2.05, 4.69) is 23.2 Å². The molecule has 0 unspecified atom stereocenters. The number of halogens is 2. The Hall–Kier alpha value is -0.220. The zero-order valence-corrected chi connectivity index (χ0v) is 11.1. The Labute approximate surface area is 109 Å². The van der Waals surface area contributed by atoms with Crippen molar-refractivity contribution in [2.75, 3.05) is 26.2 Å². The molecule has 0 aromatic carbocycles. The first-order valence-corrected chi connectivity index (χ1v) is 5.40. The summed E-state index contributed by atoms with van der Waals surface area (Å²) < 4.78 is 5.48. The molecule has 0 spiro atoms. The summed E-state index contributed by atoms with van der Waals surface area (Å²) in [6.07, 6.45) is 2.88. The Balaban J connectivity index is 0.00000112. The van der Waals surface area contributed by atoms with Crippen molar-refractivity contribution in [2.45, 2.75) is 19.4 Å². The van der Waals surface area contributed by atoms with E-state index in [1.165, 1.54) is 0 Å². The van der Waals surface area contributed by atoms with Crippen LogP contribution in [0.5, 0.6) is 0 Å².